The Morgan fingerprint density at radius 2 is 2.25 bits per heavy atom. The van der Waals surface area contributed by atoms with Gasteiger partial charge in [-0.05, 0) is 35.8 Å². The minimum atomic E-state index is -0.0835. The van der Waals surface area contributed by atoms with Crippen LogP contribution in [0.5, 0.6) is 0 Å². The third-order valence-electron chi connectivity index (χ3n) is 2.03. The van der Waals surface area contributed by atoms with Crippen molar-refractivity contribution in [1.82, 2.24) is 9.88 Å². The van der Waals surface area contributed by atoms with Gasteiger partial charge in [0.1, 0.15) is 5.69 Å². The summed E-state index contributed by atoms with van der Waals surface area (Å²) in [5.41, 5.74) is 5.98. The molecule has 4 nitrogen and oxygen atoms in total. The van der Waals surface area contributed by atoms with Gasteiger partial charge in [-0.1, -0.05) is 0 Å². The lowest BCUT2D eigenvalue weighted by molar-refractivity contribution is 0.0944. The molecule has 1 heterocycles. The monoisotopic (exact) mass is 309 g/mol. The second-order valence-electron chi connectivity index (χ2n) is 3.59. The van der Waals surface area contributed by atoms with E-state index in [1.54, 1.807) is 0 Å². The quantitative estimate of drug-likeness (QED) is 0.893. The molecule has 0 aliphatic heterocycles. The lowest BCUT2D eigenvalue weighted by Crippen LogP contribution is -2.30. The molecule has 6 heteroatoms. The van der Waals surface area contributed by atoms with Crippen LogP contribution in [0, 0.1) is 0 Å². The van der Waals surface area contributed by atoms with Crippen LogP contribution in [-0.2, 0) is 0 Å². The highest BCUT2D eigenvalue weighted by molar-refractivity contribution is 9.10. The Labute approximate surface area is 110 Å². The number of carbonyl (C=O) groups excluding carboxylic acids is 1. The molecule has 0 saturated heterocycles. The van der Waals surface area contributed by atoms with Crippen LogP contribution in [0.1, 0.15) is 30.4 Å². The molecule has 0 saturated carbocycles. The number of nitrogens with one attached hydrogen (secondary N) is 1. The Hall–Kier alpha value is -0.520. The molecule has 1 aromatic heterocycles. The smallest absolute Gasteiger partial charge is 0.267 e. The average molecular weight is 311 g/mol. The Kier molecular flexibility index (Phi) is 6.71. The van der Waals surface area contributed by atoms with Gasteiger partial charge in [0, 0.05) is 29.8 Å². The van der Waals surface area contributed by atoms with Crippen LogP contribution in [0.25, 0.3) is 0 Å². The van der Waals surface area contributed by atoms with Gasteiger partial charge in [-0.3, -0.25) is 4.79 Å². The molecule has 1 aromatic rings. The number of hydrogen-bond acceptors (Lipinski definition) is 2. The van der Waals surface area contributed by atoms with Crippen LogP contribution in [0.15, 0.2) is 16.7 Å². The molecular weight excluding hydrogens is 293 g/mol. The standard InChI is InChI=1S/C10H16BrN3O.ClH/c1-7(2)14-6-8(11)5-9(14)10(15)13-4-3-12;/h5-7H,3-4,12H2,1-2H3,(H,13,15);1H. The number of amides is 1. The van der Waals surface area contributed by atoms with Crippen molar-refractivity contribution in [2.45, 2.75) is 19.9 Å². The predicted octanol–water partition coefficient (Wildman–Crippen LogP) is 1.94. The van der Waals surface area contributed by atoms with Crippen molar-refractivity contribution >= 4 is 34.2 Å². The summed E-state index contributed by atoms with van der Waals surface area (Å²) in [6, 6.07) is 2.07. The lowest BCUT2D eigenvalue weighted by atomic mass is 10.3. The fourth-order valence-corrected chi connectivity index (χ4v) is 1.77. The largest absolute Gasteiger partial charge is 0.349 e. The zero-order valence-corrected chi connectivity index (χ0v) is 11.8. The molecule has 0 radical (unpaired) electrons. The summed E-state index contributed by atoms with van der Waals surface area (Å²) in [5, 5.41) is 2.75. The topological polar surface area (TPSA) is 60.0 Å². The maximum absolute atomic E-state index is 11.7. The number of hydrogen-bond donors (Lipinski definition) is 2. The van der Waals surface area contributed by atoms with Crippen molar-refractivity contribution in [1.29, 1.82) is 0 Å². The Morgan fingerprint density at radius 1 is 1.62 bits per heavy atom. The molecule has 0 atom stereocenters. The van der Waals surface area contributed by atoms with Gasteiger partial charge in [0.2, 0.25) is 0 Å². The highest BCUT2D eigenvalue weighted by Gasteiger charge is 2.13. The van der Waals surface area contributed by atoms with Gasteiger partial charge in [-0.15, -0.1) is 12.4 Å². The Bertz CT molecular complexity index is 352. The van der Waals surface area contributed by atoms with E-state index in [9.17, 15) is 4.79 Å². The summed E-state index contributed by atoms with van der Waals surface area (Å²) in [6.45, 7) is 5.02. The number of nitrogens with zero attached hydrogens (tertiary/aromatic N) is 1. The van der Waals surface area contributed by atoms with E-state index >= 15 is 0 Å². The second-order valence-corrected chi connectivity index (χ2v) is 4.50. The minimum absolute atomic E-state index is 0. The molecule has 0 spiro atoms. The number of aromatic nitrogens is 1. The fourth-order valence-electron chi connectivity index (χ4n) is 1.33. The first-order valence-electron chi connectivity index (χ1n) is 4.92. The van der Waals surface area contributed by atoms with E-state index in [1.165, 1.54) is 0 Å². The van der Waals surface area contributed by atoms with Gasteiger partial charge in [0.25, 0.3) is 5.91 Å². The Balaban J connectivity index is 0.00000225. The van der Waals surface area contributed by atoms with Crippen molar-refractivity contribution < 1.29 is 4.79 Å². The molecule has 0 bridgehead atoms. The molecule has 1 rings (SSSR count). The van der Waals surface area contributed by atoms with Crippen LogP contribution in [0.4, 0.5) is 0 Å². The number of rotatable bonds is 4. The Morgan fingerprint density at radius 3 is 2.75 bits per heavy atom. The van der Waals surface area contributed by atoms with Crippen LogP contribution in [0.2, 0.25) is 0 Å². The molecule has 92 valence electrons. The van der Waals surface area contributed by atoms with Gasteiger partial charge in [0.15, 0.2) is 0 Å². The van der Waals surface area contributed by atoms with E-state index in [0.717, 1.165) is 4.47 Å². The minimum Gasteiger partial charge on any atom is -0.349 e. The zero-order chi connectivity index (χ0) is 11.4. The van der Waals surface area contributed by atoms with E-state index in [1.807, 2.05) is 30.7 Å². The molecule has 16 heavy (non-hydrogen) atoms. The van der Waals surface area contributed by atoms with Gasteiger partial charge in [-0.2, -0.15) is 0 Å². The summed E-state index contributed by atoms with van der Waals surface area (Å²) in [6.07, 6.45) is 1.90. The van der Waals surface area contributed by atoms with Gasteiger partial charge >= 0.3 is 0 Å². The first-order valence-corrected chi connectivity index (χ1v) is 5.71. The summed E-state index contributed by atoms with van der Waals surface area (Å²) in [4.78, 5) is 11.7. The summed E-state index contributed by atoms with van der Waals surface area (Å²) in [7, 11) is 0. The molecule has 3 N–H and O–H groups in total. The lowest BCUT2D eigenvalue weighted by Gasteiger charge is -2.12. The van der Waals surface area contributed by atoms with Crippen LogP contribution >= 0.6 is 28.3 Å². The maximum Gasteiger partial charge on any atom is 0.267 e. The van der Waals surface area contributed by atoms with E-state index in [4.69, 9.17) is 5.73 Å². The third kappa shape index (κ3) is 3.81. The number of halogens is 2. The fraction of sp³-hybridized carbons (Fsp3) is 0.500. The number of carbonyl (C=O) groups is 1. The van der Waals surface area contributed by atoms with Crippen LogP contribution < -0.4 is 11.1 Å². The summed E-state index contributed by atoms with van der Waals surface area (Å²) >= 11 is 3.36. The van der Waals surface area contributed by atoms with E-state index in [0.29, 0.717) is 18.8 Å². The summed E-state index contributed by atoms with van der Waals surface area (Å²) in [5.74, 6) is -0.0835. The van der Waals surface area contributed by atoms with E-state index in [-0.39, 0.29) is 24.4 Å². The molecule has 0 fully saturated rings. The van der Waals surface area contributed by atoms with Crippen LogP contribution in [-0.4, -0.2) is 23.6 Å². The van der Waals surface area contributed by atoms with Crippen LogP contribution in [0.3, 0.4) is 0 Å². The van der Waals surface area contributed by atoms with Crippen molar-refractivity contribution in [2.75, 3.05) is 13.1 Å². The highest BCUT2D eigenvalue weighted by atomic mass is 79.9. The van der Waals surface area contributed by atoms with Crippen molar-refractivity contribution in [3.8, 4) is 0 Å². The van der Waals surface area contributed by atoms with Gasteiger partial charge < -0.3 is 15.6 Å². The number of nitrogens with two attached hydrogens (primary N) is 1. The van der Waals surface area contributed by atoms with Gasteiger partial charge in [0.05, 0.1) is 0 Å². The van der Waals surface area contributed by atoms with Gasteiger partial charge in [-0.25, -0.2) is 0 Å². The molecular formula is C10H17BrClN3O. The molecule has 0 aliphatic carbocycles. The molecule has 0 aromatic carbocycles. The molecule has 1 amide bonds. The first kappa shape index (κ1) is 15.5. The van der Waals surface area contributed by atoms with Crippen molar-refractivity contribution in [3.05, 3.63) is 22.4 Å². The van der Waals surface area contributed by atoms with Crippen molar-refractivity contribution in [2.24, 2.45) is 5.73 Å². The zero-order valence-electron chi connectivity index (χ0n) is 9.37. The second kappa shape index (κ2) is 6.93. The van der Waals surface area contributed by atoms with E-state index < -0.39 is 0 Å². The normalized spacial score (nSPS) is 10.1. The maximum atomic E-state index is 11.7. The third-order valence-corrected chi connectivity index (χ3v) is 2.47. The SMILES string of the molecule is CC(C)n1cc(Br)cc1C(=O)NCCN.Cl. The summed E-state index contributed by atoms with van der Waals surface area (Å²) < 4.78 is 2.84. The predicted molar refractivity (Wildman–Crippen MR) is 71.2 cm³/mol. The van der Waals surface area contributed by atoms with E-state index in [2.05, 4.69) is 21.2 Å². The molecule has 0 aliphatic rings. The average Bonchev–Trinajstić information content (AvgIpc) is 2.57. The highest BCUT2D eigenvalue weighted by Crippen LogP contribution is 2.19. The first-order chi connectivity index (χ1) is 7.06. The molecule has 0 unspecified atom stereocenters. The van der Waals surface area contributed by atoms with Crippen molar-refractivity contribution in [3.63, 3.8) is 0 Å².